The van der Waals surface area contributed by atoms with Gasteiger partial charge in [0, 0.05) is 5.39 Å². The third-order valence-electron chi connectivity index (χ3n) is 3.98. The number of rotatable bonds is 1. The second kappa shape index (κ2) is 4.74. The summed E-state index contributed by atoms with van der Waals surface area (Å²) in [6.07, 6.45) is 0.201. The summed E-state index contributed by atoms with van der Waals surface area (Å²) in [5, 5.41) is 2.10. The molecule has 0 bridgehead atoms. The van der Waals surface area contributed by atoms with Gasteiger partial charge in [-0.05, 0) is 17.0 Å². The van der Waals surface area contributed by atoms with Crippen LogP contribution in [0.5, 0.6) is 5.75 Å². The van der Waals surface area contributed by atoms with Crippen LogP contribution in [0, 0.1) is 0 Å². The molecule has 0 radical (unpaired) electrons. The molecule has 0 aromatic heterocycles. The summed E-state index contributed by atoms with van der Waals surface area (Å²) in [6, 6.07) is 21.8. The van der Waals surface area contributed by atoms with Crippen molar-refractivity contribution in [3.63, 3.8) is 0 Å². The van der Waals surface area contributed by atoms with Crippen molar-refractivity contribution in [3.05, 3.63) is 77.9 Å². The zero-order chi connectivity index (χ0) is 14.2. The molecule has 0 amide bonds. The van der Waals surface area contributed by atoms with Crippen LogP contribution in [-0.4, -0.2) is 5.78 Å². The Morgan fingerprint density at radius 2 is 1.62 bits per heavy atom. The van der Waals surface area contributed by atoms with E-state index < -0.39 is 0 Å². The monoisotopic (exact) mass is 274 g/mol. The van der Waals surface area contributed by atoms with E-state index in [9.17, 15) is 4.79 Å². The number of carbonyl (C=O) groups is 1. The van der Waals surface area contributed by atoms with Gasteiger partial charge in [-0.1, -0.05) is 60.7 Å². The molecule has 102 valence electrons. The fourth-order valence-electron chi connectivity index (χ4n) is 2.91. The van der Waals surface area contributed by atoms with Crippen molar-refractivity contribution >= 4 is 16.6 Å². The Bertz CT molecular complexity index is 821. The highest BCUT2D eigenvalue weighted by Crippen LogP contribution is 2.39. The molecule has 3 aromatic carbocycles. The summed E-state index contributed by atoms with van der Waals surface area (Å²) >= 11 is 0. The van der Waals surface area contributed by atoms with E-state index in [4.69, 9.17) is 4.74 Å². The average Bonchev–Trinajstić information content (AvgIpc) is 2.55. The molecule has 4 rings (SSSR count). The van der Waals surface area contributed by atoms with Crippen molar-refractivity contribution in [3.8, 4) is 5.75 Å². The average molecular weight is 274 g/mol. The van der Waals surface area contributed by atoms with Crippen LogP contribution < -0.4 is 4.74 Å². The van der Waals surface area contributed by atoms with Crippen molar-refractivity contribution in [2.75, 3.05) is 0 Å². The van der Waals surface area contributed by atoms with Gasteiger partial charge in [-0.2, -0.15) is 0 Å². The Balaban J connectivity index is 1.86. The maximum atomic E-state index is 12.4. The second-order valence-electron chi connectivity index (χ2n) is 5.31. The molecular weight excluding hydrogens is 260 g/mol. The van der Waals surface area contributed by atoms with Crippen LogP contribution in [0.2, 0.25) is 0 Å². The third-order valence-corrected chi connectivity index (χ3v) is 3.98. The van der Waals surface area contributed by atoms with E-state index in [2.05, 4.69) is 0 Å². The summed E-state index contributed by atoms with van der Waals surface area (Å²) in [4.78, 5) is 12.4. The van der Waals surface area contributed by atoms with Gasteiger partial charge in [0.05, 0.1) is 12.0 Å². The van der Waals surface area contributed by atoms with Crippen LogP contribution in [0.4, 0.5) is 0 Å². The third kappa shape index (κ3) is 2.00. The van der Waals surface area contributed by atoms with Gasteiger partial charge in [0.25, 0.3) is 0 Å². The summed E-state index contributed by atoms with van der Waals surface area (Å²) in [5.41, 5.74) is 1.74. The number of benzene rings is 3. The molecule has 1 atom stereocenters. The number of hydrogen-bond acceptors (Lipinski definition) is 2. The second-order valence-corrected chi connectivity index (χ2v) is 5.31. The minimum Gasteiger partial charge on any atom is -0.484 e. The molecular formula is C19H14O2. The Labute approximate surface area is 123 Å². The zero-order valence-electron chi connectivity index (χ0n) is 11.5. The fraction of sp³-hybridized carbons (Fsp3) is 0.105. The maximum Gasteiger partial charge on any atom is 0.170 e. The molecule has 0 aliphatic carbocycles. The molecule has 0 fully saturated rings. The van der Waals surface area contributed by atoms with E-state index in [1.54, 1.807) is 0 Å². The lowest BCUT2D eigenvalue weighted by Gasteiger charge is -2.26. The summed E-state index contributed by atoms with van der Waals surface area (Å²) < 4.78 is 6.18. The number of hydrogen-bond donors (Lipinski definition) is 0. The topological polar surface area (TPSA) is 26.3 Å². The van der Waals surface area contributed by atoms with Gasteiger partial charge in [0.1, 0.15) is 11.9 Å². The standard InChI is InChI=1S/C19H14O2/c20-17-12-18(14-7-2-1-3-8-14)21-19-15-9-5-4-6-13(15)10-11-16(17)19/h1-11,18H,12H2/t18-/m0/s1. The highest BCUT2D eigenvalue weighted by atomic mass is 16.5. The normalized spacial score (nSPS) is 17.3. The number of ketones is 1. The van der Waals surface area contributed by atoms with Crippen LogP contribution in [0.25, 0.3) is 10.8 Å². The van der Waals surface area contributed by atoms with E-state index in [0.717, 1.165) is 22.1 Å². The van der Waals surface area contributed by atoms with E-state index in [1.165, 1.54) is 0 Å². The molecule has 0 saturated heterocycles. The molecule has 2 nitrogen and oxygen atoms in total. The van der Waals surface area contributed by atoms with Crippen LogP contribution in [0.1, 0.15) is 28.4 Å². The molecule has 21 heavy (non-hydrogen) atoms. The first-order valence-electron chi connectivity index (χ1n) is 7.09. The van der Waals surface area contributed by atoms with Gasteiger partial charge in [-0.15, -0.1) is 0 Å². The Hall–Kier alpha value is -2.61. The van der Waals surface area contributed by atoms with Gasteiger partial charge in [-0.25, -0.2) is 0 Å². The summed E-state index contributed by atoms with van der Waals surface area (Å²) in [6.45, 7) is 0. The van der Waals surface area contributed by atoms with E-state index in [1.807, 2.05) is 66.7 Å². The largest absolute Gasteiger partial charge is 0.484 e. The van der Waals surface area contributed by atoms with E-state index >= 15 is 0 Å². The zero-order valence-corrected chi connectivity index (χ0v) is 11.5. The molecule has 0 unspecified atom stereocenters. The molecule has 0 saturated carbocycles. The molecule has 1 heterocycles. The van der Waals surface area contributed by atoms with Crippen molar-refractivity contribution in [2.45, 2.75) is 12.5 Å². The van der Waals surface area contributed by atoms with E-state index in [0.29, 0.717) is 12.0 Å². The van der Waals surface area contributed by atoms with Crippen LogP contribution >= 0.6 is 0 Å². The summed E-state index contributed by atoms with van der Waals surface area (Å²) in [7, 11) is 0. The highest BCUT2D eigenvalue weighted by molar-refractivity contribution is 6.06. The van der Waals surface area contributed by atoms with Crippen LogP contribution in [-0.2, 0) is 0 Å². The lowest BCUT2D eigenvalue weighted by atomic mass is 9.94. The quantitative estimate of drug-likeness (QED) is 0.651. The number of fused-ring (bicyclic) bond motifs is 3. The van der Waals surface area contributed by atoms with Crippen molar-refractivity contribution < 1.29 is 9.53 Å². The van der Waals surface area contributed by atoms with Gasteiger partial charge >= 0.3 is 0 Å². The number of ether oxygens (including phenoxy) is 1. The Kier molecular flexibility index (Phi) is 2.74. The number of carbonyl (C=O) groups excluding carboxylic acids is 1. The van der Waals surface area contributed by atoms with Gasteiger partial charge in [0.2, 0.25) is 0 Å². The first-order valence-corrected chi connectivity index (χ1v) is 7.09. The Morgan fingerprint density at radius 1 is 0.857 bits per heavy atom. The lowest BCUT2D eigenvalue weighted by molar-refractivity contribution is 0.0853. The SMILES string of the molecule is O=C1C[C@@H](c2ccccc2)Oc2c1ccc1ccccc21. The maximum absolute atomic E-state index is 12.4. The molecule has 0 spiro atoms. The molecule has 3 aromatic rings. The van der Waals surface area contributed by atoms with Crippen LogP contribution in [0.3, 0.4) is 0 Å². The van der Waals surface area contributed by atoms with Crippen molar-refractivity contribution in [2.24, 2.45) is 0 Å². The lowest BCUT2D eigenvalue weighted by Crippen LogP contribution is -2.20. The molecule has 1 aliphatic heterocycles. The molecule has 2 heteroatoms. The fourth-order valence-corrected chi connectivity index (χ4v) is 2.91. The van der Waals surface area contributed by atoms with E-state index in [-0.39, 0.29) is 11.9 Å². The molecule has 0 N–H and O–H groups in total. The smallest absolute Gasteiger partial charge is 0.170 e. The Morgan fingerprint density at radius 3 is 2.48 bits per heavy atom. The van der Waals surface area contributed by atoms with Crippen molar-refractivity contribution in [1.82, 2.24) is 0 Å². The highest BCUT2D eigenvalue weighted by Gasteiger charge is 2.28. The predicted molar refractivity (Wildman–Crippen MR) is 82.7 cm³/mol. The first kappa shape index (κ1) is 12.2. The van der Waals surface area contributed by atoms with Gasteiger partial charge in [-0.3, -0.25) is 4.79 Å². The van der Waals surface area contributed by atoms with Crippen molar-refractivity contribution in [1.29, 1.82) is 0 Å². The predicted octanol–water partition coefficient (Wildman–Crippen LogP) is 4.55. The van der Waals surface area contributed by atoms with Crippen LogP contribution in [0.15, 0.2) is 66.7 Å². The minimum absolute atomic E-state index is 0.149. The first-order chi connectivity index (χ1) is 10.3. The molecule has 1 aliphatic rings. The number of Topliss-reactive ketones (excluding diaryl/α,β-unsaturated/α-hetero) is 1. The summed E-state index contributed by atoms with van der Waals surface area (Å²) in [5.74, 6) is 0.869. The van der Waals surface area contributed by atoms with Gasteiger partial charge in [0.15, 0.2) is 5.78 Å². The van der Waals surface area contributed by atoms with Gasteiger partial charge < -0.3 is 4.74 Å². The minimum atomic E-state index is -0.197.